The first-order valence-electron chi connectivity index (χ1n) is 9.76. The van der Waals surface area contributed by atoms with Gasteiger partial charge in [-0.15, -0.1) is 6.58 Å². The molecule has 2 atom stereocenters. The third kappa shape index (κ3) is 8.48. The summed E-state index contributed by atoms with van der Waals surface area (Å²) in [6.45, 7) is 9.85. The Bertz CT molecular complexity index is 679. The summed E-state index contributed by atoms with van der Waals surface area (Å²) in [7, 11) is 5.39. The second-order valence-corrected chi connectivity index (χ2v) is 7.46. The molecule has 0 aliphatic carbocycles. The van der Waals surface area contributed by atoms with E-state index in [1.165, 1.54) is 0 Å². The molecule has 0 heterocycles. The Balaban J connectivity index is 2.94. The first kappa shape index (κ1) is 25.0. The summed E-state index contributed by atoms with van der Waals surface area (Å²) in [5, 5.41) is 27.8. The quantitative estimate of drug-likeness (QED) is 0.205. The minimum Gasteiger partial charge on any atom is -0.496 e. The number of hydrogen-bond donors (Lipinski definition) is 3. The lowest BCUT2D eigenvalue weighted by Crippen LogP contribution is -2.22. The van der Waals surface area contributed by atoms with E-state index < -0.39 is 12.2 Å². The van der Waals surface area contributed by atoms with Crippen molar-refractivity contribution in [3.8, 4) is 5.75 Å². The Labute approximate surface area is 175 Å². The molecule has 2 radical (unpaired) electrons. The SMILES string of the molecule is [B]CC(O)CO/C(C)=C/C=C(\CC=C)C(C)(C)c1ccc(OCC(O)CO)cc1. The maximum Gasteiger partial charge on any atom is 0.119 e. The standard InChI is InChI=1S/C23H33BO5/c1-5-6-18(8-7-17(2)28-15-20(26)13-24)23(3,4)19-9-11-22(12-10-19)29-16-21(27)14-25/h5,7-12,20-21,25-27H,1,6,13-16H2,2-4H3/b17-7+,18-8+. The molecule has 0 aliphatic heterocycles. The zero-order valence-corrected chi connectivity index (χ0v) is 17.7. The number of benzene rings is 1. The van der Waals surface area contributed by atoms with Crippen molar-refractivity contribution in [2.24, 2.45) is 0 Å². The van der Waals surface area contributed by atoms with E-state index in [1.807, 2.05) is 49.4 Å². The highest BCUT2D eigenvalue weighted by molar-refractivity contribution is 6.08. The molecule has 1 aromatic rings. The summed E-state index contributed by atoms with van der Waals surface area (Å²) in [6.07, 6.45) is 5.08. The average molecular weight is 400 g/mol. The highest BCUT2D eigenvalue weighted by Crippen LogP contribution is 2.34. The van der Waals surface area contributed by atoms with Gasteiger partial charge in [-0.05, 0) is 37.1 Å². The van der Waals surface area contributed by atoms with Crippen LogP contribution in [0, 0.1) is 0 Å². The zero-order chi connectivity index (χ0) is 21.9. The number of rotatable bonds is 13. The van der Waals surface area contributed by atoms with Gasteiger partial charge in [0.2, 0.25) is 0 Å². The van der Waals surface area contributed by atoms with Crippen LogP contribution in [0.3, 0.4) is 0 Å². The van der Waals surface area contributed by atoms with Gasteiger partial charge in [-0.1, -0.05) is 50.0 Å². The topological polar surface area (TPSA) is 79.2 Å². The van der Waals surface area contributed by atoms with Gasteiger partial charge in [0.25, 0.3) is 0 Å². The van der Waals surface area contributed by atoms with Crippen molar-refractivity contribution < 1.29 is 24.8 Å². The van der Waals surface area contributed by atoms with E-state index in [2.05, 4.69) is 20.4 Å². The molecule has 1 aromatic carbocycles. The Hall–Kier alpha value is -2.02. The van der Waals surface area contributed by atoms with Crippen LogP contribution in [0.25, 0.3) is 0 Å². The molecule has 0 aromatic heterocycles. The normalized spacial score (nSPS) is 15.0. The van der Waals surface area contributed by atoms with Crippen molar-refractivity contribution in [1.29, 1.82) is 0 Å². The molecule has 0 bridgehead atoms. The van der Waals surface area contributed by atoms with Crippen molar-refractivity contribution in [3.63, 3.8) is 0 Å². The maximum absolute atomic E-state index is 9.51. The summed E-state index contributed by atoms with van der Waals surface area (Å²) in [5.41, 5.74) is 2.00. The monoisotopic (exact) mass is 400 g/mol. The minimum atomic E-state index is -0.892. The predicted octanol–water partition coefficient (Wildman–Crippen LogP) is 3.07. The van der Waals surface area contributed by atoms with Crippen LogP contribution in [0.4, 0.5) is 0 Å². The van der Waals surface area contributed by atoms with E-state index in [1.54, 1.807) is 0 Å². The average Bonchev–Trinajstić information content (AvgIpc) is 2.73. The molecule has 0 spiro atoms. The van der Waals surface area contributed by atoms with E-state index in [0.717, 1.165) is 11.1 Å². The van der Waals surface area contributed by atoms with E-state index in [0.29, 0.717) is 17.9 Å². The van der Waals surface area contributed by atoms with Crippen LogP contribution in [0.15, 0.2) is 60.4 Å². The molecular formula is C23H33BO5. The molecular weight excluding hydrogens is 367 g/mol. The van der Waals surface area contributed by atoms with Gasteiger partial charge in [-0.2, -0.15) is 0 Å². The summed E-state index contributed by atoms with van der Waals surface area (Å²) in [6, 6.07) is 7.68. The molecule has 0 aliphatic rings. The second-order valence-electron chi connectivity index (χ2n) is 7.46. The molecule has 0 fully saturated rings. The van der Waals surface area contributed by atoms with E-state index in [-0.39, 0.29) is 31.6 Å². The Kier molecular flexibility index (Phi) is 10.8. The van der Waals surface area contributed by atoms with Crippen molar-refractivity contribution >= 4 is 7.85 Å². The van der Waals surface area contributed by atoms with E-state index in [9.17, 15) is 10.2 Å². The highest BCUT2D eigenvalue weighted by atomic mass is 16.5. The van der Waals surface area contributed by atoms with Crippen LogP contribution in [-0.2, 0) is 10.2 Å². The molecule has 29 heavy (non-hydrogen) atoms. The lowest BCUT2D eigenvalue weighted by Gasteiger charge is -2.29. The lowest BCUT2D eigenvalue weighted by atomic mass is 9.76. The molecule has 1 rings (SSSR count). The molecule has 5 nitrogen and oxygen atoms in total. The van der Waals surface area contributed by atoms with Gasteiger partial charge < -0.3 is 24.8 Å². The van der Waals surface area contributed by atoms with Crippen molar-refractivity contribution in [1.82, 2.24) is 0 Å². The molecule has 0 saturated heterocycles. The predicted molar refractivity (Wildman–Crippen MR) is 117 cm³/mol. The third-order valence-electron chi connectivity index (χ3n) is 4.69. The molecule has 158 valence electrons. The Morgan fingerprint density at radius 3 is 2.34 bits per heavy atom. The van der Waals surface area contributed by atoms with Crippen LogP contribution < -0.4 is 4.74 Å². The number of aliphatic hydroxyl groups excluding tert-OH is 3. The summed E-state index contributed by atoms with van der Waals surface area (Å²) in [4.78, 5) is 0. The molecule has 3 N–H and O–H groups in total. The molecule has 0 saturated carbocycles. The highest BCUT2D eigenvalue weighted by Gasteiger charge is 2.24. The first-order valence-corrected chi connectivity index (χ1v) is 9.76. The fourth-order valence-electron chi connectivity index (χ4n) is 2.65. The van der Waals surface area contributed by atoms with Crippen molar-refractivity contribution in [3.05, 3.63) is 66.0 Å². The number of aliphatic hydroxyl groups is 3. The number of allylic oxidation sites excluding steroid dienone is 5. The fraction of sp³-hybridized carbons (Fsp3) is 0.478. The first-order chi connectivity index (χ1) is 13.7. The smallest absolute Gasteiger partial charge is 0.119 e. The van der Waals surface area contributed by atoms with Crippen LogP contribution in [-0.4, -0.2) is 55.2 Å². The third-order valence-corrected chi connectivity index (χ3v) is 4.69. The molecule has 0 amide bonds. The molecule has 2 unspecified atom stereocenters. The lowest BCUT2D eigenvalue weighted by molar-refractivity contribution is 0.0536. The van der Waals surface area contributed by atoms with Gasteiger partial charge >= 0.3 is 0 Å². The van der Waals surface area contributed by atoms with Gasteiger partial charge in [0.15, 0.2) is 0 Å². The van der Waals surface area contributed by atoms with Gasteiger partial charge in [0, 0.05) is 5.41 Å². The van der Waals surface area contributed by atoms with Gasteiger partial charge in [-0.3, -0.25) is 0 Å². The molecule has 6 heteroatoms. The summed E-state index contributed by atoms with van der Waals surface area (Å²) >= 11 is 0. The van der Waals surface area contributed by atoms with Crippen LogP contribution in [0.5, 0.6) is 5.75 Å². The Morgan fingerprint density at radius 1 is 1.14 bits per heavy atom. The van der Waals surface area contributed by atoms with E-state index >= 15 is 0 Å². The van der Waals surface area contributed by atoms with E-state index in [4.69, 9.17) is 22.4 Å². The maximum atomic E-state index is 9.51. The van der Waals surface area contributed by atoms with Crippen molar-refractivity contribution in [2.45, 2.75) is 51.1 Å². The Morgan fingerprint density at radius 2 is 1.79 bits per heavy atom. The number of hydrogen-bond acceptors (Lipinski definition) is 5. The zero-order valence-electron chi connectivity index (χ0n) is 17.7. The second kappa shape index (κ2) is 12.5. The van der Waals surface area contributed by atoms with Gasteiger partial charge in [0.1, 0.15) is 25.1 Å². The largest absolute Gasteiger partial charge is 0.496 e. The van der Waals surface area contributed by atoms with Crippen LogP contribution >= 0.6 is 0 Å². The summed E-state index contributed by atoms with van der Waals surface area (Å²) in [5.74, 6) is 1.33. The van der Waals surface area contributed by atoms with Crippen molar-refractivity contribution in [2.75, 3.05) is 19.8 Å². The van der Waals surface area contributed by atoms with Gasteiger partial charge in [0.05, 0.1) is 26.3 Å². The minimum absolute atomic E-state index is 0.0454. The fourth-order valence-corrected chi connectivity index (χ4v) is 2.65. The number of ether oxygens (including phenoxy) is 2. The van der Waals surface area contributed by atoms with Crippen LogP contribution in [0.1, 0.15) is 32.8 Å². The summed E-state index contributed by atoms with van der Waals surface area (Å²) < 4.78 is 11.0. The van der Waals surface area contributed by atoms with Gasteiger partial charge in [-0.25, -0.2) is 0 Å². The van der Waals surface area contributed by atoms with Crippen LogP contribution in [0.2, 0.25) is 6.32 Å².